The van der Waals surface area contributed by atoms with E-state index in [4.69, 9.17) is 9.53 Å². The number of hydrogen-bond donors (Lipinski definition) is 2. The summed E-state index contributed by atoms with van der Waals surface area (Å²) in [6, 6.07) is 15.8. The minimum atomic E-state index is 0.474. The predicted octanol–water partition coefficient (Wildman–Crippen LogP) is 3.57. The van der Waals surface area contributed by atoms with E-state index in [0.29, 0.717) is 17.9 Å². The highest BCUT2D eigenvalue weighted by Gasteiger charge is 2.10. The van der Waals surface area contributed by atoms with Crippen molar-refractivity contribution in [1.82, 2.24) is 4.98 Å². The first-order valence-electron chi connectivity index (χ1n) is 7.92. The Morgan fingerprint density at radius 2 is 1.96 bits per heavy atom. The first-order chi connectivity index (χ1) is 12.8. The van der Waals surface area contributed by atoms with Gasteiger partial charge in [-0.25, -0.2) is 4.98 Å². The third-order valence-electron chi connectivity index (χ3n) is 3.16. The SMILES string of the molecule is C=O.CCNc1nc2cc(OCc3ccccc3)cc(C#N)c2s1.CN. The molecule has 2 aromatic carbocycles. The lowest BCUT2D eigenvalue weighted by Gasteiger charge is -2.06. The number of carbonyl (C=O) groups excluding carboxylic acids is 1. The molecular formula is C19H22N4O2S. The molecule has 0 saturated heterocycles. The van der Waals surface area contributed by atoms with Crippen LogP contribution in [0.15, 0.2) is 42.5 Å². The first kappa shape index (κ1) is 21.1. The monoisotopic (exact) mass is 370 g/mol. The van der Waals surface area contributed by atoms with Crippen LogP contribution in [0.25, 0.3) is 10.2 Å². The van der Waals surface area contributed by atoms with Crippen molar-refractivity contribution in [1.29, 1.82) is 5.26 Å². The average Bonchev–Trinajstić information content (AvgIpc) is 3.12. The predicted molar refractivity (Wildman–Crippen MR) is 107 cm³/mol. The molecular weight excluding hydrogens is 348 g/mol. The van der Waals surface area contributed by atoms with Crippen molar-refractivity contribution in [2.24, 2.45) is 5.73 Å². The van der Waals surface area contributed by atoms with Crippen molar-refractivity contribution in [3.8, 4) is 11.8 Å². The second kappa shape index (κ2) is 11.6. The van der Waals surface area contributed by atoms with E-state index in [0.717, 1.165) is 27.5 Å². The molecule has 0 atom stereocenters. The van der Waals surface area contributed by atoms with Crippen LogP contribution in [0.5, 0.6) is 5.75 Å². The van der Waals surface area contributed by atoms with Crippen molar-refractivity contribution in [3.63, 3.8) is 0 Å². The van der Waals surface area contributed by atoms with Crippen molar-refractivity contribution in [2.45, 2.75) is 13.5 Å². The summed E-state index contributed by atoms with van der Waals surface area (Å²) in [5, 5.41) is 13.3. The van der Waals surface area contributed by atoms with Crippen LogP contribution in [0.1, 0.15) is 18.1 Å². The highest BCUT2D eigenvalue weighted by Crippen LogP contribution is 2.32. The molecule has 3 rings (SSSR count). The van der Waals surface area contributed by atoms with Gasteiger partial charge in [-0.05, 0) is 25.6 Å². The summed E-state index contributed by atoms with van der Waals surface area (Å²) in [4.78, 5) is 12.5. The summed E-state index contributed by atoms with van der Waals surface area (Å²) < 4.78 is 6.70. The van der Waals surface area contributed by atoms with Gasteiger partial charge in [-0.3, -0.25) is 0 Å². The number of thiazole rings is 1. The Bertz CT molecular complexity index is 844. The van der Waals surface area contributed by atoms with Crippen LogP contribution in [-0.4, -0.2) is 25.4 Å². The molecule has 3 aromatic rings. The van der Waals surface area contributed by atoms with Crippen LogP contribution >= 0.6 is 11.3 Å². The van der Waals surface area contributed by atoms with Gasteiger partial charge >= 0.3 is 0 Å². The molecule has 0 fully saturated rings. The van der Waals surface area contributed by atoms with Crippen LogP contribution < -0.4 is 15.8 Å². The van der Waals surface area contributed by atoms with Gasteiger partial charge in [0.25, 0.3) is 0 Å². The summed E-state index contributed by atoms with van der Waals surface area (Å²) in [5.74, 6) is 0.668. The number of nitrogens with zero attached hydrogens (tertiary/aromatic N) is 2. The molecule has 0 amide bonds. The van der Waals surface area contributed by atoms with E-state index in [9.17, 15) is 5.26 Å². The van der Waals surface area contributed by atoms with Gasteiger partial charge in [0, 0.05) is 12.6 Å². The molecule has 0 radical (unpaired) electrons. The Morgan fingerprint density at radius 1 is 1.27 bits per heavy atom. The number of hydrogen-bond acceptors (Lipinski definition) is 7. The van der Waals surface area contributed by atoms with Crippen LogP contribution in [0, 0.1) is 11.3 Å². The van der Waals surface area contributed by atoms with E-state index in [1.807, 2.05) is 50.1 Å². The fourth-order valence-corrected chi connectivity index (χ4v) is 3.12. The van der Waals surface area contributed by atoms with E-state index in [-0.39, 0.29) is 0 Å². The van der Waals surface area contributed by atoms with Gasteiger partial charge in [0.15, 0.2) is 5.13 Å². The Labute approximate surface area is 157 Å². The first-order valence-corrected chi connectivity index (χ1v) is 8.73. The van der Waals surface area contributed by atoms with E-state index < -0.39 is 0 Å². The van der Waals surface area contributed by atoms with Crippen LogP contribution in [0.3, 0.4) is 0 Å². The van der Waals surface area contributed by atoms with Crippen LogP contribution in [-0.2, 0) is 11.4 Å². The fraction of sp³-hybridized carbons (Fsp3) is 0.211. The maximum atomic E-state index is 9.34. The minimum absolute atomic E-state index is 0.474. The van der Waals surface area contributed by atoms with Crippen molar-refractivity contribution < 1.29 is 9.53 Å². The topological polar surface area (TPSA) is 101 Å². The van der Waals surface area contributed by atoms with Gasteiger partial charge in [0.2, 0.25) is 0 Å². The quantitative estimate of drug-likeness (QED) is 0.712. The Morgan fingerprint density at radius 3 is 2.58 bits per heavy atom. The van der Waals surface area contributed by atoms with Gasteiger partial charge in [-0.15, -0.1) is 0 Å². The number of benzene rings is 2. The molecule has 26 heavy (non-hydrogen) atoms. The maximum absolute atomic E-state index is 9.34. The number of anilines is 1. The van der Waals surface area contributed by atoms with E-state index in [1.54, 1.807) is 6.07 Å². The zero-order valence-electron chi connectivity index (χ0n) is 14.9. The zero-order valence-corrected chi connectivity index (χ0v) is 15.7. The van der Waals surface area contributed by atoms with Gasteiger partial charge in [0.05, 0.1) is 15.8 Å². The summed E-state index contributed by atoms with van der Waals surface area (Å²) in [5.41, 5.74) is 6.98. The zero-order chi connectivity index (χ0) is 19.4. The molecule has 1 heterocycles. The standard InChI is InChI=1S/C17H15N3OS.CH5N.CH2O/c1-2-19-17-20-15-9-14(8-13(10-18)16(15)22-17)21-11-12-6-4-3-5-7-12;2*1-2/h3-9H,2,11H2,1H3,(H,19,20);2H2,1H3;1H2. The highest BCUT2D eigenvalue weighted by molar-refractivity contribution is 7.22. The fourth-order valence-electron chi connectivity index (χ4n) is 2.14. The Balaban J connectivity index is 0.000000791. The summed E-state index contributed by atoms with van der Waals surface area (Å²) in [6.45, 7) is 5.30. The number of aromatic nitrogens is 1. The third kappa shape index (κ3) is 5.55. The number of ether oxygens (including phenoxy) is 1. The van der Waals surface area contributed by atoms with Crippen LogP contribution in [0.2, 0.25) is 0 Å². The number of nitrogens with two attached hydrogens (primary N) is 1. The maximum Gasteiger partial charge on any atom is 0.183 e. The Hall–Kier alpha value is -2.95. The van der Waals surface area contributed by atoms with Crippen molar-refractivity contribution in [2.75, 3.05) is 18.9 Å². The number of nitriles is 1. The summed E-state index contributed by atoms with van der Waals surface area (Å²) in [7, 11) is 1.50. The second-order valence-corrected chi connectivity index (χ2v) is 5.75. The molecule has 136 valence electrons. The van der Waals surface area contributed by atoms with Crippen LogP contribution in [0.4, 0.5) is 5.13 Å². The smallest absolute Gasteiger partial charge is 0.183 e. The largest absolute Gasteiger partial charge is 0.489 e. The minimum Gasteiger partial charge on any atom is -0.489 e. The molecule has 6 nitrogen and oxygen atoms in total. The molecule has 0 bridgehead atoms. The summed E-state index contributed by atoms with van der Waals surface area (Å²) >= 11 is 1.50. The van der Waals surface area contributed by atoms with Gasteiger partial charge in [-0.2, -0.15) is 5.26 Å². The van der Waals surface area contributed by atoms with E-state index >= 15 is 0 Å². The molecule has 3 N–H and O–H groups in total. The van der Waals surface area contributed by atoms with E-state index in [1.165, 1.54) is 18.4 Å². The molecule has 0 unspecified atom stereocenters. The second-order valence-electron chi connectivity index (χ2n) is 4.75. The molecule has 1 aromatic heterocycles. The third-order valence-corrected chi connectivity index (χ3v) is 4.22. The van der Waals surface area contributed by atoms with Crippen molar-refractivity contribution >= 4 is 33.5 Å². The molecule has 0 aliphatic rings. The van der Waals surface area contributed by atoms with Gasteiger partial charge in [-0.1, -0.05) is 41.7 Å². The molecule has 0 spiro atoms. The lowest BCUT2D eigenvalue weighted by Crippen LogP contribution is -1.95. The molecule has 0 aliphatic heterocycles. The number of rotatable bonds is 5. The van der Waals surface area contributed by atoms with E-state index in [2.05, 4.69) is 22.1 Å². The summed E-state index contributed by atoms with van der Waals surface area (Å²) in [6.07, 6.45) is 0. The van der Waals surface area contributed by atoms with Gasteiger partial charge < -0.3 is 20.6 Å². The molecule has 0 aliphatic carbocycles. The average molecular weight is 370 g/mol. The Kier molecular flexibility index (Phi) is 9.39. The van der Waals surface area contributed by atoms with Crippen molar-refractivity contribution in [3.05, 3.63) is 53.6 Å². The lowest BCUT2D eigenvalue weighted by molar-refractivity contribution is -0.0979. The number of nitrogens with one attached hydrogen (secondary N) is 1. The van der Waals surface area contributed by atoms with Gasteiger partial charge in [0.1, 0.15) is 25.2 Å². The highest BCUT2D eigenvalue weighted by atomic mass is 32.1. The number of carbonyl (C=O) groups is 1. The molecule has 7 heteroatoms. The number of fused-ring (bicyclic) bond motifs is 1. The lowest BCUT2D eigenvalue weighted by atomic mass is 10.2. The normalized spacial score (nSPS) is 9.15. The molecule has 0 saturated carbocycles.